The Morgan fingerprint density at radius 3 is 2.74 bits per heavy atom. The molecule has 2 rings (SSSR count). The normalized spacial score (nSPS) is 10.3. The molecule has 0 unspecified atom stereocenters. The zero-order valence-electron chi connectivity index (χ0n) is 9.75. The molecule has 0 radical (unpaired) electrons. The third-order valence-electron chi connectivity index (χ3n) is 2.24. The maximum Gasteiger partial charge on any atom is 0.259 e. The van der Waals surface area contributed by atoms with Crippen LogP contribution in [0.25, 0.3) is 0 Å². The van der Waals surface area contributed by atoms with Gasteiger partial charge in [0, 0.05) is 10.2 Å². The largest absolute Gasteiger partial charge is 0.290 e. The van der Waals surface area contributed by atoms with E-state index in [1.165, 1.54) is 0 Å². The summed E-state index contributed by atoms with van der Waals surface area (Å²) in [6, 6.07) is 6.68. The highest BCUT2D eigenvalue weighted by atomic mass is 79.9. The molecule has 2 aromatic rings. The summed E-state index contributed by atoms with van der Waals surface area (Å²) in [5.74, 6) is -0.251. The number of nitrogens with zero attached hydrogens (tertiary/aromatic N) is 2. The topological polar surface area (TPSA) is 54.9 Å². The smallest absolute Gasteiger partial charge is 0.259 e. The van der Waals surface area contributed by atoms with Crippen LogP contribution in [0.4, 0.5) is 5.95 Å². The number of carbonyl (C=O) groups excluding carboxylic acids is 1. The van der Waals surface area contributed by atoms with E-state index in [9.17, 15) is 4.79 Å². The van der Waals surface area contributed by atoms with Crippen LogP contribution in [0.1, 0.15) is 16.1 Å². The second-order valence-electron chi connectivity index (χ2n) is 3.71. The van der Waals surface area contributed by atoms with Crippen LogP contribution in [-0.2, 0) is 0 Å². The molecule has 0 aliphatic heterocycles. The number of hydrogen-bond donors (Lipinski definition) is 1. The van der Waals surface area contributed by atoms with Crippen LogP contribution in [0.5, 0.6) is 0 Å². The first-order valence-electron chi connectivity index (χ1n) is 5.24. The Morgan fingerprint density at radius 1 is 1.32 bits per heavy atom. The lowest BCUT2D eigenvalue weighted by atomic mass is 10.2. The summed E-state index contributed by atoms with van der Waals surface area (Å²) in [5, 5.41) is 3.16. The second-order valence-corrected chi connectivity index (χ2v) is 5.33. The third-order valence-corrected chi connectivity index (χ3v) is 3.73. The van der Waals surface area contributed by atoms with Gasteiger partial charge < -0.3 is 0 Å². The fourth-order valence-corrected chi connectivity index (χ4v) is 2.25. The first-order chi connectivity index (χ1) is 8.97. The van der Waals surface area contributed by atoms with Gasteiger partial charge in [-0.1, -0.05) is 29.3 Å². The summed E-state index contributed by atoms with van der Waals surface area (Å²) < 4.78 is 0.644. The van der Waals surface area contributed by atoms with Crippen molar-refractivity contribution in [1.29, 1.82) is 0 Å². The third kappa shape index (κ3) is 3.43. The Morgan fingerprint density at radius 2 is 2.05 bits per heavy atom. The van der Waals surface area contributed by atoms with Crippen molar-refractivity contribution < 1.29 is 4.79 Å². The number of benzene rings is 1. The zero-order valence-corrected chi connectivity index (χ0v) is 12.8. The number of aromatic nitrogens is 2. The van der Waals surface area contributed by atoms with Crippen LogP contribution >= 0.6 is 39.1 Å². The van der Waals surface area contributed by atoms with E-state index < -0.39 is 5.91 Å². The van der Waals surface area contributed by atoms with Gasteiger partial charge in [0.25, 0.3) is 5.91 Å². The molecule has 0 atom stereocenters. The summed E-state index contributed by atoms with van der Waals surface area (Å²) in [5.41, 5.74) is 0.993. The first kappa shape index (κ1) is 14.2. The van der Waals surface area contributed by atoms with Gasteiger partial charge in [-0.2, -0.15) is 0 Å². The lowest BCUT2D eigenvalue weighted by Crippen LogP contribution is -2.15. The number of anilines is 1. The van der Waals surface area contributed by atoms with Crippen LogP contribution in [0.2, 0.25) is 10.2 Å². The number of hydrogen-bond acceptors (Lipinski definition) is 3. The van der Waals surface area contributed by atoms with E-state index in [0.29, 0.717) is 20.8 Å². The summed E-state index contributed by atoms with van der Waals surface area (Å²) in [6.45, 7) is 1.76. The van der Waals surface area contributed by atoms with Crippen molar-refractivity contribution in [3.8, 4) is 0 Å². The van der Waals surface area contributed by atoms with Crippen molar-refractivity contribution in [2.45, 2.75) is 6.92 Å². The average molecular weight is 361 g/mol. The number of nitrogens with one attached hydrogen (secondary N) is 1. The molecule has 1 N–H and O–H groups in total. The van der Waals surface area contributed by atoms with Gasteiger partial charge in [-0.3, -0.25) is 10.1 Å². The lowest BCUT2D eigenvalue weighted by Gasteiger charge is -2.07. The lowest BCUT2D eigenvalue weighted by molar-refractivity contribution is 0.102. The van der Waals surface area contributed by atoms with Crippen molar-refractivity contribution in [2.24, 2.45) is 0 Å². The molecule has 0 fully saturated rings. The molecule has 0 aliphatic carbocycles. The van der Waals surface area contributed by atoms with E-state index >= 15 is 0 Å². The molecule has 4 nitrogen and oxygen atoms in total. The summed E-state index contributed by atoms with van der Waals surface area (Å²) in [4.78, 5) is 20.1. The van der Waals surface area contributed by atoms with Gasteiger partial charge in [-0.15, -0.1) is 0 Å². The molecule has 1 amide bonds. The Kier molecular flexibility index (Phi) is 4.39. The highest BCUT2D eigenvalue weighted by Gasteiger charge is 2.14. The number of rotatable bonds is 2. The fraction of sp³-hybridized carbons (Fsp3) is 0.0833. The maximum absolute atomic E-state index is 12.1. The van der Waals surface area contributed by atoms with Crippen molar-refractivity contribution >= 4 is 51.0 Å². The van der Waals surface area contributed by atoms with Crippen LogP contribution < -0.4 is 5.32 Å². The molecule has 0 bridgehead atoms. The molecule has 7 heteroatoms. The van der Waals surface area contributed by atoms with E-state index in [0.717, 1.165) is 0 Å². The zero-order chi connectivity index (χ0) is 14.0. The van der Waals surface area contributed by atoms with Gasteiger partial charge in [-0.05, 0) is 41.1 Å². The van der Waals surface area contributed by atoms with Crippen molar-refractivity contribution in [3.05, 3.63) is 50.2 Å². The van der Waals surface area contributed by atoms with Gasteiger partial charge in [0.15, 0.2) is 0 Å². The number of carbonyl (C=O) groups is 1. The molecular weight excluding hydrogens is 353 g/mol. The number of amides is 1. The molecule has 19 heavy (non-hydrogen) atoms. The number of aryl methyl sites for hydroxylation is 1. The quantitative estimate of drug-likeness (QED) is 0.820. The predicted molar refractivity (Wildman–Crippen MR) is 78.9 cm³/mol. The van der Waals surface area contributed by atoms with Gasteiger partial charge in [0.05, 0.1) is 10.6 Å². The molecule has 0 spiro atoms. The van der Waals surface area contributed by atoms with E-state index in [1.54, 1.807) is 31.2 Å². The molecule has 0 saturated carbocycles. The van der Waals surface area contributed by atoms with E-state index in [-0.39, 0.29) is 11.1 Å². The Balaban J connectivity index is 2.28. The second kappa shape index (κ2) is 5.86. The van der Waals surface area contributed by atoms with Crippen LogP contribution in [-0.4, -0.2) is 15.9 Å². The Labute approximate surface area is 128 Å². The van der Waals surface area contributed by atoms with Crippen LogP contribution in [0.3, 0.4) is 0 Å². The minimum absolute atomic E-state index is 0.144. The van der Waals surface area contributed by atoms with Crippen molar-refractivity contribution in [2.75, 3.05) is 5.32 Å². The SMILES string of the molecule is Cc1cc(Cl)nc(NC(=O)c2cccc(Br)c2Cl)n1. The van der Waals surface area contributed by atoms with Crippen LogP contribution in [0, 0.1) is 6.92 Å². The highest BCUT2D eigenvalue weighted by Crippen LogP contribution is 2.26. The highest BCUT2D eigenvalue weighted by molar-refractivity contribution is 9.10. The molecule has 98 valence electrons. The van der Waals surface area contributed by atoms with Gasteiger partial charge >= 0.3 is 0 Å². The first-order valence-corrected chi connectivity index (χ1v) is 6.79. The molecule has 1 aromatic heterocycles. The summed E-state index contributed by atoms with van der Waals surface area (Å²) in [6.07, 6.45) is 0. The minimum Gasteiger partial charge on any atom is -0.290 e. The van der Waals surface area contributed by atoms with Gasteiger partial charge in [-0.25, -0.2) is 9.97 Å². The van der Waals surface area contributed by atoms with E-state index in [2.05, 4.69) is 31.2 Å². The summed E-state index contributed by atoms with van der Waals surface area (Å²) >= 11 is 15.1. The average Bonchev–Trinajstić information content (AvgIpc) is 2.31. The Hall–Kier alpha value is -1.17. The molecular formula is C12H8BrCl2N3O. The monoisotopic (exact) mass is 359 g/mol. The number of halogens is 3. The molecule has 1 heterocycles. The molecule has 1 aromatic carbocycles. The molecule has 0 saturated heterocycles. The van der Waals surface area contributed by atoms with Crippen molar-refractivity contribution in [1.82, 2.24) is 9.97 Å². The molecule has 0 aliphatic rings. The van der Waals surface area contributed by atoms with Crippen molar-refractivity contribution in [3.63, 3.8) is 0 Å². The van der Waals surface area contributed by atoms with Gasteiger partial charge in [0.1, 0.15) is 5.15 Å². The Bertz CT molecular complexity index is 629. The minimum atomic E-state index is -0.395. The van der Waals surface area contributed by atoms with E-state index in [4.69, 9.17) is 23.2 Å². The van der Waals surface area contributed by atoms with Crippen LogP contribution in [0.15, 0.2) is 28.7 Å². The van der Waals surface area contributed by atoms with Gasteiger partial charge in [0.2, 0.25) is 5.95 Å². The predicted octanol–water partition coefficient (Wildman–Crippen LogP) is 4.11. The fourth-order valence-electron chi connectivity index (χ4n) is 1.43. The summed E-state index contributed by atoms with van der Waals surface area (Å²) in [7, 11) is 0. The standard InChI is InChI=1S/C12H8BrCl2N3O/c1-6-5-9(14)17-12(16-6)18-11(19)7-3-2-4-8(13)10(7)15/h2-5H,1H3,(H,16,17,18,19). The maximum atomic E-state index is 12.1. The van der Waals surface area contributed by atoms with E-state index in [1.807, 2.05) is 0 Å².